The average Bonchev–Trinajstić information content (AvgIpc) is 3.07. The Balaban J connectivity index is 1.90. The molecule has 2 rings (SSSR count). The molecule has 2 aromatic rings. The molecule has 3 N–H and O–H groups in total. The molecule has 24 heavy (non-hydrogen) atoms. The van der Waals surface area contributed by atoms with Gasteiger partial charge in [0.2, 0.25) is 5.91 Å². The molecule has 1 atom stereocenters. The highest BCUT2D eigenvalue weighted by Gasteiger charge is 2.18. The Labute approximate surface area is 141 Å². The molecule has 0 aliphatic heterocycles. The molecule has 0 spiro atoms. The first-order valence-electron chi connectivity index (χ1n) is 7.95. The zero-order valence-electron chi connectivity index (χ0n) is 14.3. The Morgan fingerprint density at radius 2 is 1.83 bits per heavy atom. The van der Waals surface area contributed by atoms with Gasteiger partial charge in [0, 0.05) is 12.1 Å². The molecule has 0 saturated carbocycles. The van der Waals surface area contributed by atoms with Gasteiger partial charge in [0.15, 0.2) is 5.76 Å². The van der Waals surface area contributed by atoms with Crippen molar-refractivity contribution in [1.82, 2.24) is 10.6 Å². The predicted molar refractivity (Wildman–Crippen MR) is 90.4 cm³/mol. The van der Waals surface area contributed by atoms with Gasteiger partial charge in [0.05, 0.1) is 20.4 Å². The summed E-state index contributed by atoms with van der Waals surface area (Å²) in [5.74, 6) is -0.449. The number of hydrogen-bond acceptors (Lipinski definition) is 3. The Morgan fingerprint density at radius 3 is 2.46 bits per heavy atom. The highest BCUT2D eigenvalue weighted by molar-refractivity contribution is 5.95. The van der Waals surface area contributed by atoms with Gasteiger partial charge >= 0.3 is 0 Å². The molecular weight excluding hydrogens is 306 g/mol. The van der Waals surface area contributed by atoms with Crippen LogP contribution >= 0.6 is 0 Å². The van der Waals surface area contributed by atoms with Gasteiger partial charge in [-0.3, -0.25) is 9.59 Å². The molecule has 0 radical (unpaired) electrons. The zero-order valence-corrected chi connectivity index (χ0v) is 14.3. The van der Waals surface area contributed by atoms with Crippen LogP contribution in [0.25, 0.3) is 0 Å². The van der Waals surface area contributed by atoms with E-state index < -0.39 is 11.9 Å². The second-order valence-electron chi connectivity index (χ2n) is 6.04. The second-order valence-corrected chi connectivity index (χ2v) is 6.04. The minimum Gasteiger partial charge on any atom is -0.459 e. The van der Waals surface area contributed by atoms with E-state index in [9.17, 15) is 9.59 Å². The number of rotatable bonds is 7. The van der Waals surface area contributed by atoms with E-state index in [4.69, 9.17) is 4.42 Å². The fourth-order valence-corrected chi connectivity index (χ4v) is 2.36. The Morgan fingerprint density at radius 1 is 1.12 bits per heavy atom. The Kier molecular flexibility index (Phi) is 6.14. The lowest BCUT2D eigenvalue weighted by Crippen LogP contribution is -3.04. The summed E-state index contributed by atoms with van der Waals surface area (Å²) in [6.45, 7) is 2.96. The summed E-state index contributed by atoms with van der Waals surface area (Å²) >= 11 is 0. The van der Waals surface area contributed by atoms with Gasteiger partial charge in [0.25, 0.3) is 5.91 Å². The first-order valence-corrected chi connectivity index (χ1v) is 7.95. The van der Waals surface area contributed by atoms with Crippen LogP contribution in [0.4, 0.5) is 0 Å². The van der Waals surface area contributed by atoms with Crippen LogP contribution in [0.2, 0.25) is 0 Å². The molecule has 2 amide bonds. The number of amides is 2. The lowest BCUT2D eigenvalue weighted by atomic mass is 10.1. The predicted octanol–water partition coefficient (Wildman–Crippen LogP) is 0.359. The van der Waals surface area contributed by atoms with Crippen molar-refractivity contribution in [2.75, 3.05) is 14.1 Å². The summed E-state index contributed by atoms with van der Waals surface area (Å²) in [7, 11) is 4.17. The minimum atomic E-state index is -0.644. The van der Waals surface area contributed by atoms with Crippen molar-refractivity contribution in [1.29, 1.82) is 0 Å². The number of nitrogens with one attached hydrogen (secondary N) is 3. The quantitative estimate of drug-likeness (QED) is 0.686. The molecule has 0 aliphatic rings. The average molecular weight is 330 g/mol. The second kappa shape index (κ2) is 8.31. The van der Waals surface area contributed by atoms with Crippen LogP contribution in [0.3, 0.4) is 0 Å². The van der Waals surface area contributed by atoms with Crippen LogP contribution in [0.1, 0.15) is 28.6 Å². The lowest BCUT2D eigenvalue weighted by Gasteiger charge is -2.15. The Hall–Kier alpha value is -2.60. The van der Waals surface area contributed by atoms with Crippen molar-refractivity contribution >= 4 is 11.8 Å². The van der Waals surface area contributed by atoms with Gasteiger partial charge in [0.1, 0.15) is 12.6 Å². The van der Waals surface area contributed by atoms with Gasteiger partial charge in [-0.15, -0.1) is 0 Å². The van der Waals surface area contributed by atoms with Crippen molar-refractivity contribution in [2.45, 2.75) is 26.1 Å². The van der Waals surface area contributed by atoms with Gasteiger partial charge in [-0.1, -0.05) is 24.3 Å². The highest BCUT2D eigenvalue weighted by Crippen LogP contribution is 2.07. The summed E-state index contributed by atoms with van der Waals surface area (Å²) < 4.78 is 5.01. The maximum atomic E-state index is 12.2. The van der Waals surface area contributed by atoms with Crippen LogP contribution < -0.4 is 15.5 Å². The molecule has 0 unspecified atom stereocenters. The maximum Gasteiger partial charge on any atom is 0.287 e. The van der Waals surface area contributed by atoms with Gasteiger partial charge in [-0.05, 0) is 24.6 Å². The lowest BCUT2D eigenvalue weighted by molar-refractivity contribution is -0.872. The van der Waals surface area contributed by atoms with Gasteiger partial charge in [-0.2, -0.15) is 0 Å². The van der Waals surface area contributed by atoms with Crippen molar-refractivity contribution in [3.8, 4) is 0 Å². The molecule has 0 bridgehead atoms. The summed E-state index contributed by atoms with van der Waals surface area (Å²) in [5, 5.41) is 5.49. The third kappa shape index (κ3) is 4.96. The van der Waals surface area contributed by atoms with Gasteiger partial charge < -0.3 is 20.0 Å². The standard InChI is InChI=1S/C18H23N3O3/c1-13(20-18(23)16-9-6-10-24-16)17(22)19-11-14-7-4-5-8-15(14)12-21(2)3/h4-10,13H,11-12H2,1-3H3,(H,19,22)(H,20,23)/p+1/t13-/m0/s1. The van der Waals surface area contributed by atoms with Crippen molar-refractivity contribution < 1.29 is 18.9 Å². The van der Waals surface area contributed by atoms with Crippen LogP contribution in [0, 0.1) is 0 Å². The Bertz CT molecular complexity index is 681. The number of furan rings is 1. The van der Waals surface area contributed by atoms with E-state index in [-0.39, 0.29) is 11.7 Å². The zero-order chi connectivity index (χ0) is 17.5. The number of carbonyl (C=O) groups excluding carboxylic acids is 2. The smallest absolute Gasteiger partial charge is 0.287 e. The van der Waals surface area contributed by atoms with Crippen LogP contribution in [0.15, 0.2) is 47.1 Å². The summed E-state index contributed by atoms with van der Waals surface area (Å²) in [4.78, 5) is 25.4. The maximum absolute atomic E-state index is 12.2. The molecular formula is C18H24N3O3+. The molecule has 1 aromatic carbocycles. The van der Waals surface area contributed by atoms with Crippen molar-refractivity contribution in [3.63, 3.8) is 0 Å². The molecule has 0 fully saturated rings. The van der Waals surface area contributed by atoms with E-state index in [0.717, 1.165) is 12.1 Å². The summed E-state index contributed by atoms with van der Waals surface area (Å²) in [6, 6.07) is 10.6. The van der Waals surface area contributed by atoms with E-state index >= 15 is 0 Å². The number of quaternary nitrogens is 1. The molecule has 1 heterocycles. The number of carbonyl (C=O) groups is 2. The fraction of sp³-hybridized carbons (Fsp3) is 0.333. The molecule has 6 heteroatoms. The molecule has 1 aromatic heterocycles. The van der Waals surface area contributed by atoms with Crippen molar-refractivity contribution in [2.24, 2.45) is 0 Å². The molecule has 0 aliphatic carbocycles. The molecule has 128 valence electrons. The van der Waals surface area contributed by atoms with Crippen LogP contribution in [0.5, 0.6) is 0 Å². The first-order chi connectivity index (χ1) is 11.5. The van der Waals surface area contributed by atoms with Crippen LogP contribution in [-0.4, -0.2) is 32.0 Å². The molecule has 0 saturated heterocycles. The number of hydrogen-bond donors (Lipinski definition) is 3. The topological polar surface area (TPSA) is 75.8 Å². The third-order valence-electron chi connectivity index (χ3n) is 3.60. The van der Waals surface area contributed by atoms with E-state index in [1.807, 2.05) is 18.2 Å². The third-order valence-corrected chi connectivity index (χ3v) is 3.60. The van der Waals surface area contributed by atoms with Gasteiger partial charge in [-0.25, -0.2) is 0 Å². The fourth-order valence-electron chi connectivity index (χ4n) is 2.36. The monoisotopic (exact) mass is 330 g/mol. The van der Waals surface area contributed by atoms with E-state index in [0.29, 0.717) is 6.54 Å². The molecule has 6 nitrogen and oxygen atoms in total. The number of benzene rings is 1. The SMILES string of the molecule is C[C@H](NC(=O)c1ccco1)C(=O)NCc1ccccc1C[NH+](C)C. The van der Waals surface area contributed by atoms with E-state index in [1.54, 1.807) is 19.1 Å². The van der Waals surface area contributed by atoms with E-state index in [1.165, 1.54) is 16.7 Å². The minimum absolute atomic E-state index is 0.189. The van der Waals surface area contributed by atoms with Crippen molar-refractivity contribution in [3.05, 3.63) is 59.5 Å². The summed E-state index contributed by atoms with van der Waals surface area (Å²) in [5.41, 5.74) is 2.28. The first kappa shape index (κ1) is 17.7. The largest absolute Gasteiger partial charge is 0.459 e. The van der Waals surface area contributed by atoms with E-state index in [2.05, 4.69) is 30.8 Å². The normalized spacial score (nSPS) is 12.0. The van der Waals surface area contributed by atoms with Crippen LogP contribution in [-0.2, 0) is 17.9 Å². The summed E-state index contributed by atoms with van der Waals surface area (Å²) in [6.07, 6.45) is 1.42. The highest BCUT2D eigenvalue weighted by atomic mass is 16.3.